The maximum atomic E-state index is 12.7. The Balaban J connectivity index is 2.15. The number of esters is 2. The highest BCUT2D eigenvalue weighted by atomic mass is 16.6. The van der Waals surface area contributed by atoms with Crippen LogP contribution in [0.4, 0.5) is 4.79 Å². The van der Waals surface area contributed by atoms with Gasteiger partial charge in [0.25, 0.3) is 5.88 Å². The van der Waals surface area contributed by atoms with Crippen molar-refractivity contribution < 1.29 is 38.4 Å². The van der Waals surface area contributed by atoms with E-state index in [-0.39, 0.29) is 41.9 Å². The summed E-state index contributed by atoms with van der Waals surface area (Å²) < 4.78 is 21.5. The lowest BCUT2D eigenvalue weighted by molar-refractivity contribution is -0.112. The summed E-state index contributed by atoms with van der Waals surface area (Å²) in [5, 5.41) is 9.83. The summed E-state index contributed by atoms with van der Waals surface area (Å²) in [6.07, 6.45) is -1.82. The van der Waals surface area contributed by atoms with Gasteiger partial charge in [-0.15, -0.1) is 0 Å². The Bertz CT molecular complexity index is 1070. The second-order valence-electron chi connectivity index (χ2n) is 8.59. The van der Waals surface area contributed by atoms with Crippen molar-refractivity contribution in [3.8, 4) is 11.6 Å². The van der Waals surface area contributed by atoms with Gasteiger partial charge in [-0.2, -0.15) is 4.98 Å². The first-order valence-electron chi connectivity index (χ1n) is 10.5. The van der Waals surface area contributed by atoms with E-state index in [9.17, 15) is 19.5 Å². The van der Waals surface area contributed by atoms with E-state index in [4.69, 9.17) is 18.9 Å². The van der Waals surface area contributed by atoms with E-state index in [1.807, 2.05) is 20.8 Å². The molecule has 2 heterocycles. The van der Waals surface area contributed by atoms with Crippen LogP contribution in [0.25, 0.3) is 0 Å². The zero-order valence-corrected chi connectivity index (χ0v) is 19.6. The van der Waals surface area contributed by atoms with Crippen LogP contribution in [0.15, 0.2) is 30.3 Å². The predicted molar refractivity (Wildman–Crippen MR) is 118 cm³/mol. The molecule has 2 unspecified atom stereocenters. The van der Waals surface area contributed by atoms with E-state index < -0.39 is 35.6 Å². The zero-order valence-electron chi connectivity index (χ0n) is 19.6. The number of carbonyl (C=O) groups excluding carboxylic acids is 2. The zero-order chi connectivity index (χ0) is 25.0. The van der Waals surface area contributed by atoms with Gasteiger partial charge in [0.1, 0.15) is 6.04 Å². The summed E-state index contributed by atoms with van der Waals surface area (Å²) in [6, 6.07) is 7.18. The van der Waals surface area contributed by atoms with Gasteiger partial charge in [-0.05, 0) is 17.5 Å². The minimum Gasteiger partial charge on any atom is -0.478 e. The Hall–Kier alpha value is -3.73. The molecule has 1 aromatic carbocycles. The lowest BCUT2D eigenvalue weighted by atomic mass is 9.82. The molecule has 1 aliphatic rings. The van der Waals surface area contributed by atoms with Gasteiger partial charge in [-0.25, -0.2) is 19.4 Å². The molecule has 1 fully saturated rings. The fourth-order valence-electron chi connectivity index (χ4n) is 3.65. The van der Waals surface area contributed by atoms with Gasteiger partial charge >= 0.3 is 18.0 Å². The first kappa shape index (κ1) is 24.9. The molecule has 1 aromatic heterocycles. The van der Waals surface area contributed by atoms with E-state index >= 15 is 0 Å². The Kier molecular flexibility index (Phi) is 7.35. The van der Waals surface area contributed by atoms with Crippen LogP contribution < -0.4 is 9.47 Å². The van der Waals surface area contributed by atoms with Crippen molar-refractivity contribution in [3.63, 3.8) is 0 Å². The van der Waals surface area contributed by atoms with Crippen molar-refractivity contribution in [2.24, 2.45) is 5.41 Å². The van der Waals surface area contributed by atoms with Crippen molar-refractivity contribution in [3.05, 3.63) is 47.4 Å². The Morgan fingerprint density at radius 2 is 1.76 bits per heavy atom. The topological polar surface area (TPSA) is 137 Å². The smallest absolute Gasteiger partial charge is 0.408 e. The fraction of sp³-hybridized carbons (Fsp3) is 0.435. The van der Waals surface area contributed by atoms with Gasteiger partial charge in [0.15, 0.2) is 11.5 Å². The molecule has 34 heavy (non-hydrogen) atoms. The molecule has 1 saturated heterocycles. The number of hydrogen-bond acceptors (Lipinski definition) is 9. The van der Waals surface area contributed by atoms with E-state index in [2.05, 4.69) is 9.97 Å². The second kappa shape index (κ2) is 10.0. The Labute approximate surface area is 196 Å². The number of hydrogen-bond donors (Lipinski definition) is 1. The van der Waals surface area contributed by atoms with Gasteiger partial charge < -0.3 is 24.1 Å². The maximum Gasteiger partial charge on any atom is 0.408 e. The molecular weight excluding hydrogens is 446 g/mol. The summed E-state index contributed by atoms with van der Waals surface area (Å²) >= 11 is 0. The Morgan fingerprint density at radius 3 is 2.32 bits per heavy atom. The molecular formula is C23H27N3O8. The molecule has 2 aromatic rings. The third-order valence-electron chi connectivity index (χ3n) is 5.24. The van der Waals surface area contributed by atoms with E-state index in [0.717, 1.165) is 12.0 Å². The van der Waals surface area contributed by atoms with E-state index in [1.165, 1.54) is 7.11 Å². The number of rotatable bonds is 5. The van der Waals surface area contributed by atoms with Crippen LogP contribution in [-0.2, 0) is 9.47 Å². The minimum atomic E-state index is -1.19. The second-order valence-corrected chi connectivity index (χ2v) is 8.59. The van der Waals surface area contributed by atoms with Crippen LogP contribution in [0.2, 0.25) is 0 Å². The van der Waals surface area contributed by atoms with Crippen LogP contribution in [0, 0.1) is 5.41 Å². The summed E-state index contributed by atoms with van der Waals surface area (Å²) in [7, 11) is 2.42. The molecule has 11 heteroatoms. The summed E-state index contributed by atoms with van der Waals surface area (Å²) in [5.41, 5.74) is -0.647. The SMILES string of the molecule is COC(=O)c1nc(C2C(C(C)(C)C)OCCN2C(=O)O)nc(OC)c1OC(=O)c1ccccc1. The molecule has 0 aliphatic carbocycles. The van der Waals surface area contributed by atoms with Gasteiger partial charge in [0, 0.05) is 6.54 Å². The van der Waals surface area contributed by atoms with Gasteiger partial charge in [0.2, 0.25) is 5.75 Å². The van der Waals surface area contributed by atoms with E-state index in [0.29, 0.717) is 0 Å². The monoisotopic (exact) mass is 473 g/mol. The summed E-state index contributed by atoms with van der Waals surface area (Å²) in [4.78, 5) is 47.1. The number of carbonyl (C=O) groups is 3. The number of aromatic nitrogens is 2. The number of amides is 1. The van der Waals surface area contributed by atoms with Crippen LogP contribution in [0.3, 0.4) is 0 Å². The van der Waals surface area contributed by atoms with E-state index in [1.54, 1.807) is 30.3 Å². The number of benzene rings is 1. The maximum absolute atomic E-state index is 12.7. The largest absolute Gasteiger partial charge is 0.478 e. The highest BCUT2D eigenvalue weighted by molar-refractivity contribution is 5.95. The van der Waals surface area contributed by atoms with Gasteiger partial charge in [0.05, 0.1) is 32.5 Å². The summed E-state index contributed by atoms with van der Waals surface area (Å²) in [6.45, 7) is 5.95. The minimum absolute atomic E-state index is 0.0428. The molecule has 182 valence electrons. The molecule has 1 amide bonds. The molecule has 0 bridgehead atoms. The molecule has 0 spiro atoms. The highest BCUT2D eigenvalue weighted by Crippen LogP contribution is 2.40. The molecule has 0 radical (unpaired) electrons. The molecule has 1 aliphatic heterocycles. The normalized spacial score (nSPS) is 18.2. The number of ether oxygens (including phenoxy) is 4. The quantitative estimate of drug-likeness (QED) is 0.645. The number of morpholine rings is 1. The summed E-state index contributed by atoms with van der Waals surface area (Å²) in [5.74, 6) is -2.28. The molecule has 3 rings (SSSR count). The molecule has 0 saturated carbocycles. The van der Waals surface area contributed by atoms with Crippen LogP contribution in [0.5, 0.6) is 11.6 Å². The standard InChI is InChI=1S/C23H27N3O8/c1-23(2,3)17-15(26(22(29)30)11-12-33-17)18-24-14(21(28)32-5)16(19(25-18)31-4)34-20(27)13-9-7-6-8-10-13/h6-10,15,17H,11-12H2,1-5H3,(H,29,30). The predicted octanol–water partition coefficient (Wildman–Crippen LogP) is 2.96. The van der Waals surface area contributed by atoms with Crippen molar-refractivity contribution in [1.82, 2.24) is 14.9 Å². The van der Waals surface area contributed by atoms with Gasteiger partial charge in [-0.1, -0.05) is 39.0 Å². The van der Waals surface area contributed by atoms with Crippen LogP contribution in [-0.4, -0.2) is 71.5 Å². The average molecular weight is 473 g/mol. The number of carboxylic acid groups (broad SMARTS) is 1. The first-order valence-corrected chi connectivity index (χ1v) is 10.5. The van der Waals surface area contributed by atoms with Crippen molar-refractivity contribution in [2.75, 3.05) is 27.4 Å². The lowest BCUT2D eigenvalue weighted by Crippen LogP contribution is -2.52. The lowest BCUT2D eigenvalue weighted by Gasteiger charge is -2.44. The average Bonchev–Trinajstić information content (AvgIpc) is 2.82. The van der Waals surface area contributed by atoms with Crippen molar-refractivity contribution >= 4 is 18.0 Å². The number of methoxy groups -OCH3 is 2. The molecule has 11 nitrogen and oxygen atoms in total. The molecule has 2 atom stereocenters. The Morgan fingerprint density at radius 1 is 1.09 bits per heavy atom. The molecule has 1 N–H and O–H groups in total. The van der Waals surface area contributed by atoms with Gasteiger partial charge in [-0.3, -0.25) is 4.90 Å². The fourth-order valence-corrected chi connectivity index (χ4v) is 3.65. The first-order chi connectivity index (χ1) is 16.1. The highest BCUT2D eigenvalue weighted by Gasteiger charge is 2.45. The third kappa shape index (κ3) is 5.09. The van der Waals surface area contributed by atoms with Crippen molar-refractivity contribution in [2.45, 2.75) is 32.9 Å². The third-order valence-corrected chi connectivity index (χ3v) is 5.24. The van der Waals surface area contributed by atoms with Crippen LogP contribution in [0.1, 0.15) is 53.5 Å². The number of nitrogens with zero attached hydrogens (tertiary/aromatic N) is 3. The van der Waals surface area contributed by atoms with Crippen molar-refractivity contribution in [1.29, 1.82) is 0 Å². The van der Waals surface area contributed by atoms with Crippen LogP contribution >= 0.6 is 0 Å².